The molecule has 0 saturated carbocycles. The van der Waals surface area contributed by atoms with Crippen molar-refractivity contribution in [2.24, 2.45) is 5.73 Å². The van der Waals surface area contributed by atoms with Crippen molar-refractivity contribution < 1.29 is 37.0 Å². The molecule has 160 valence electrons. The molecule has 1 aliphatic heterocycles. The van der Waals surface area contributed by atoms with E-state index in [4.69, 9.17) is 19.6 Å². The number of hydrogen-bond donors (Lipinski definition) is 2. The van der Waals surface area contributed by atoms with E-state index in [0.717, 1.165) is 18.2 Å². The number of carbonyl (C=O) groups is 1. The van der Waals surface area contributed by atoms with Crippen LogP contribution in [0.1, 0.15) is 42.4 Å². The molecule has 0 aliphatic carbocycles. The molecule has 0 radical (unpaired) electrons. The van der Waals surface area contributed by atoms with Crippen LogP contribution < -0.4 is 15.9 Å². The molecule has 1 aliphatic rings. The number of rotatable bonds is 4. The summed E-state index contributed by atoms with van der Waals surface area (Å²) in [7, 11) is 0. The fourth-order valence-corrected chi connectivity index (χ4v) is 3.16. The number of halogens is 3. The first kappa shape index (κ1) is 21.4. The zero-order chi connectivity index (χ0) is 22.2. The number of ether oxygens (including phenoxy) is 2. The van der Waals surface area contributed by atoms with Crippen LogP contribution in [0.3, 0.4) is 0 Å². The molecule has 0 saturated heterocycles. The summed E-state index contributed by atoms with van der Waals surface area (Å²) < 4.78 is 57.0. The lowest BCUT2D eigenvalue weighted by Gasteiger charge is -2.29. The highest BCUT2D eigenvalue weighted by atomic mass is 19.4. The van der Waals surface area contributed by atoms with Crippen molar-refractivity contribution in [2.45, 2.75) is 38.7 Å². The molecule has 1 aromatic heterocycles. The monoisotopic (exact) mass is 425 g/mol. The number of benzene rings is 1. The van der Waals surface area contributed by atoms with Crippen molar-refractivity contribution in [2.75, 3.05) is 0 Å². The van der Waals surface area contributed by atoms with Crippen LogP contribution >= 0.6 is 0 Å². The van der Waals surface area contributed by atoms with Gasteiger partial charge in [-0.25, -0.2) is 4.79 Å². The summed E-state index contributed by atoms with van der Waals surface area (Å²) in [6, 6.07) is 5.43. The van der Waals surface area contributed by atoms with Crippen molar-refractivity contribution >= 4 is 5.97 Å². The van der Waals surface area contributed by atoms with Crippen LogP contribution in [0.4, 0.5) is 13.2 Å². The molecule has 1 aromatic carbocycles. The number of esters is 1. The first-order valence-corrected chi connectivity index (χ1v) is 8.87. The average Bonchev–Trinajstić information content (AvgIpc) is 2.66. The lowest BCUT2D eigenvalue weighted by atomic mass is 9.84. The average molecular weight is 425 g/mol. The first-order valence-electron chi connectivity index (χ1n) is 8.87. The van der Waals surface area contributed by atoms with Crippen molar-refractivity contribution in [3.63, 3.8) is 0 Å². The predicted molar refractivity (Wildman–Crippen MR) is 97.3 cm³/mol. The third-order valence-corrected chi connectivity index (χ3v) is 4.30. The fourth-order valence-electron chi connectivity index (χ4n) is 3.16. The Hall–Kier alpha value is -3.27. The molecule has 0 spiro atoms. The summed E-state index contributed by atoms with van der Waals surface area (Å²) in [5.74, 6) is -4.20. The normalized spacial score (nSPS) is 16.3. The number of nitrogens with two attached hydrogens (primary N) is 1. The Kier molecular flexibility index (Phi) is 5.62. The van der Waals surface area contributed by atoms with E-state index in [2.05, 4.69) is 0 Å². The Bertz CT molecular complexity index is 1070. The number of carbonyl (C=O) groups excluding carboxylic acids is 1. The molecular formula is C20H18F3NO6. The third kappa shape index (κ3) is 3.90. The Morgan fingerprint density at radius 2 is 1.97 bits per heavy atom. The van der Waals surface area contributed by atoms with Gasteiger partial charge in [0.05, 0.1) is 17.6 Å². The lowest BCUT2D eigenvalue weighted by Crippen LogP contribution is -2.31. The summed E-state index contributed by atoms with van der Waals surface area (Å²) in [6.07, 6.45) is -5.38. The van der Waals surface area contributed by atoms with Crippen LogP contribution in [0.15, 0.2) is 51.0 Å². The van der Waals surface area contributed by atoms with Crippen LogP contribution in [0.25, 0.3) is 0 Å². The van der Waals surface area contributed by atoms with Gasteiger partial charge in [0.1, 0.15) is 17.9 Å². The van der Waals surface area contributed by atoms with Gasteiger partial charge in [-0.05, 0) is 25.5 Å². The minimum absolute atomic E-state index is 0.214. The minimum Gasteiger partial charge on any atom is -0.459 e. The van der Waals surface area contributed by atoms with E-state index in [-0.39, 0.29) is 17.1 Å². The Morgan fingerprint density at radius 3 is 2.57 bits per heavy atom. The highest BCUT2D eigenvalue weighted by Crippen LogP contribution is 2.45. The Balaban J connectivity index is 2.35. The van der Waals surface area contributed by atoms with Gasteiger partial charge in [0.25, 0.3) is 0 Å². The van der Waals surface area contributed by atoms with Crippen molar-refractivity contribution in [3.05, 3.63) is 74.7 Å². The van der Waals surface area contributed by atoms with Crippen LogP contribution in [0, 0.1) is 0 Å². The first-order chi connectivity index (χ1) is 14.0. The molecule has 2 aromatic rings. The zero-order valence-electron chi connectivity index (χ0n) is 15.9. The van der Waals surface area contributed by atoms with E-state index in [1.54, 1.807) is 13.8 Å². The number of hydrogen-bond acceptors (Lipinski definition) is 7. The number of aliphatic hydroxyl groups excluding tert-OH is 1. The molecule has 10 heteroatoms. The smallest absolute Gasteiger partial charge is 0.416 e. The van der Waals surface area contributed by atoms with Gasteiger partial charge in [-0.1, -0.05) is 18.2 Å². The summed E-state index contributed by atoms with van der Waals surface area (Å²) in [6.45, 7) is 2.41. The third-order valence-electron chi connectivity index (χ3n) is 4.30. The summed E-state index contributed by atoms with van der Waals surface area (Å²) >= 11 is 0. The minimum atomic E-state index is -4.77. The second-order valence-electron chi connectivity index (χ2n) is 6.78. The van der Waals surface area contributed by atoms with E-state index in [0.29, 0.717) is 0 Å². The van der Waals surface area contributed by atoms with Gasteiger partial charge >= 0.3 is 12.1 Å². The van der Waals surface area contributed by atoms with E-state index < -0.39 is 59.0 Å². The highest BCUT2D eigenvalue weighted by Gasteiger charge is 2.44. The maximum absolute atomic E-state index is 13.7. The van der Waals surface area contributed by atoms with Crippen molar-refractivity contribution in [1.82, 2.24) is 0 Å². The summed E-state index contributed by atoms with van der Waals surface area (Å²) in [5, 5.41) is 9.37. The van der Waals surface area contributed by atoms with Crippen molar-refractivity contribution in [1.29, 1.82) is 0 Å². The standard InChI is InChI=1S/C20H18F3NO6/c1-9(2)28-19(27)15-14(11-5-3-4-6-12(11)20(21,22)23)17-16(30-18(15)24)13(26)7-10(8-25)29-17/h3-7,9,14,25H,8,24H2,1-2H3/t14-/m0/s1. The second-order valence-corrected chi connectivity index (χ2v) is 6.78. The van der Waals surface area contributed by atoms with Crippen LogP contribution in [-0.2, 0) is 22.3 Å². The second kappa shape index (κ2) is 7.86. The number of aliphatic hydroxyl groups is 1. The molecule has 0 fully saturated rings. The quantitative estimate of drug-likeness (QED) is 0.725. The molecule has 0 amide bonds. The Labute approximate surface area is 168 Å². The molecule has 0 unspecified atom stereocenters. The fraction of sp³-hybridized carbons (Fsp3) is 0.300. The van der Waals surface area contributed by atoms with Gasteiger partial charge in [0.15, 0.2) is 5.76 Å². The molecule has 2 heterocycles. The zero-order valence-corrected chi connectivity index (χ0v) is 15.9. The molecule has 0 bridgehead atoms. The maximum atomic E-state index is 13.7. The number of fused-ring (bicyclic) bond motifs is 1. The van der Waals surface area contributed by atoms with Gasteiger partial charge in [0.2, 0.25) is 17.1 Å². The molecule has 30 heavy (non-hydrogen) atoms. The van der Waals surface area contributed by atoms with Crippen LogP contribution in [0.5, 0.6) is 5.75 Å². The lowest BCUT2D eigenvalue weighted by molar-refractivity contribution is -0.144. The maximum Gasteiger partial charge on any atom is 0.416 e. The largest absolute Gasteiger partial charge is 0.459 e. The molecular weight excluding hydrogens is 407 g/mol. The topological polar surface area (TPSA) is 112 Å². The molecule has 3 N–H and O–H groups in total. The van der Waals surface area contributed by atoms with Crippen molar-refractivity contribution in [3.8, 4) is 5.75 Å². The van der Waals surface area contributed by atoms with E-state index in [1.165, 1.54) is 12.1 Å². The molecule has 3 rings (SSSR count). The van der Waals surface area contributed by atoms with Crippen LogP contribution in [-0.4, -0.2) is 17.2 Å². The van der Waals surface area contributed by atoms with Gasteiger partial charge in [0, 0.05) is 6.07 Å². The SMILES string of the molecule is CC(C)OC(=O)C1=C(N)Oc2c(oc(CO)cc2=O)[C@H]1c1ccccc1C(F)(F)F. The van der Waals surface area contributed by atoms with Gasteiger partial charge < -0.3 is 24.7 Å². The van der Waals surface area contributed by atoms with Gasteiger partial charge in [-0.15, -0.1) is 0 Å². The number of alkyl halides is 3. The van der Waals surface area contributed by atoms with E-state index >= 15 is 0 Å². The van der Waals surface area contributed by atoms with Gasteiger partial charge in [-0.2, -0.15) is 13.2 Å². The highest BCUT2D eigenvalue weighted by molar-refractivity contribution is 5.92. The summed E-state index contributed by atoms with van der Waals surface area (Å²) in [5.41, 5.74) is 3.20. The molecule has 7 nitrogen and oxygen atoms in total. The Morgan fingerprint density at radius 1 is 1.30 bits per heavy atom. The van der Waals surface area contributed by atoms with Crippen LogP contribution in [0.2, 0.25) is 0 Å². The van der Waals surface area contributed by atoms with Gasteiger partial charge in [-0.3, -0.25) is 4.79 Å². The molecule has 1 atom stereocenters. The summed E-state index contributed by atoms with van der Waals surface area (Å²) in [4.78, 5) is 25.1. The predicted octanol–water partition coefficient (Wildman–Crippen LogP) is 2.80. The van der Waals surface area contributed by atoms with E-state index in [1.807, 2.05) is 0 Å². The van der Waals surface area contributed by atoms with E-state index in [9.17, 15) is 27.9 Å².